The van der Waals surface area contributed by atoms with Gasteiger partial charge in [0, 0.05) is 6.54 Å². The fourth-order valence-corrected chi connectivity index (χ4v) is 3.65. The molecule has 0 bridgehead atoms. The molecule has 1 atom stereocenters. The largest absolute Gasteiger partial charge is 0.433 e. The predicted octanol–water partition coefficient (Wildman–Crippen LogP) is 4.78. The quantitative estimate of drug-likeness (QED) is 0.589. The molecule has 0 aliphatic carbocycles. The van der Waals surface area contributed by atoms with E-state index in [0.717, 1.165) is 22.7 Å². The second-order valence-corrected chi connectivity index (χ2v) is 7.06. The lowest BCUT2D eigenvalue weighted by Crippen LogP contribution is -2.23. The van der Waals surface area contributed by atoms with Crippen LogP contribution in [0.3, 0.4) is 0 Å². The highest BCUT2D eigenvalue weighted by Crippen LogP contribution is 2.30. The van der Waals surface area contributed by atoms with Crippen molar-refractivity contribution < 1.29 is 18.3 Å². The van der Waals surface area contributed by atoms with Crippen molar-refractivity contribution in [1.82, 2.24) is 9.55 Å². The molecule has 1 N–H and O–H groups in total. The van der Waals surface area contributed by atoms with E-state index in [1.54, 1.807) is 19.1 Å². The zero-order valence-electron chi connectivity index (χ0n) is 14.9. The van der Waals surface area contributed by atoms with Crippen LogP contribution in [0.4, 0.5) is 14.5 Å². The summed E-state index contributed by atoms with van der Waals surface area (Å²) in [5.41, 5.74) is 2.08. The average molecular weight is 391 g/mol. The molecule has 3 rings (SSSR count). The summed E-state index contributed by atoms with van der Waals surface area (Å²) < 4.78 is 31.5. The van der Waals surface area contributed by atoms with Crippen LogP contribution >= 0.6 is 11.8 Å². The molecule has 3 aromatic rings. The van der Waals surface area contributed by atoms with Gasteiger partial charge in [-0.25, -0.2) is 4.98 Å². The summed E-state index contributed by atoms with van der Waals surface area (Å²) in [7, 11) is 0. The lowest BCUT2D eigenvalue weighted by Gasteiger charge is -2.15. The lowest BCUT2D eigenvalue weighted by molar-refractivity contribution is -0.115. The molecule has 27 heavy (non-hydrogen) atoms. The van der Waals surface area contributed by atoms with Gasteiger partial charge >= 0.3 is 6.61 Å². The number of thioether (sulfide) groups is 1. The number of nitrogens with one attached hydrogen (secondary N) is 1. The van der Waals surface area contributed by atoms with E-state index in [1.807, 2.05) is 35.8 Å². The number of benzene rings is 2. The number of ether oxygens (including phenoxy) is 1. The number of para-hydroxylation sites is 4. The maximum absolute atomic E-state index is 12.6. The summed E-state index contributed by atoms with van der Waals surface area (Å²) in [5.74, 6) is -0.390. The Hall–Kier alpha value is -2.61. The molecular weight excluding hydrogens is 372 g/mol. The number of nitrogens with zero attached hydrogens (tertiary/aromatic N) is 2. The van der Waals surface area contributed by atoms with Gasteiger partial charge in [0.1, 0.15) is 5.75 Å². The Morgan fingerprint density at radius 3 is 2.67 bits per heavy atom. The molecule has 0 aliphatic heterocycles. The second-order valence-electron chi connectivity index (χ2n) is 5.75. The number of hydrogen-bond donors (Lipinski definition) is 1. The lowest BCUT2D eigenvalue weighted by atomic mass is 10.3. The van der Waals surface area contributed by atoms with Gasteiger partial charge < -0.3 is 14.6 Å². The molecule has 1 aromatic heterocycles. The van der Waals surface area contributed by atoms with Gasteiger partial charge in [-0.15, -0.1) is 0 Å². The number of aryl methyl sites for hydroxylation is 1. The summed E-state index contributed by atoms with van der Waals surface area (Å²) in [6, 6.07) is 13.9. The SMILES string of the molecule is CCn1c(SC(C)C(=O)Nc2ccccc2OC(F)F)nc2ccccc21. The van der Waals surface area contributed by atoms with E-state index in [9.17, 15) is 13.6 Å². The third-order valence-corrected chi connectivity index (χ3v) is 5.04. The molecule has 0 fully saturated rings. The first-order valence-corrected chi connectivity index (χ1v) is 9.34. The first-order valence-electron chi connectivity index (χ1n) is 8.46. The van der Waals surface area contributed by atoms with Crippen molar-refractivity contribution in [3.05, 3.63) is 48.5 Å². The van der Waals surface area contributed by atoms with Crippen LogP contribution in [0, 0.1) is 0 Å². The number of rotatable bonds is 7. The van der Waals surface area contributed by atoms with Crippen LogP contribution in [0.5, 0.6) is 5.75 Å². The van der Waals surface area contributed by atoms with Crippen LogP contribution in [0.1, 0.15) is 13.8 Å². The summed E-state index contributed by atoms with van der Waals surface area (Å²) >= 11 is 1.32. The molecule has 1 heterocycles. The fourth-order valence-electron chi connectivity index (χ4n) is 2.66. The Morgan fingerprint density at radius 1 is 1.22 bits per heavy atom. The molecule has 8 heteroatoms. The number of alkyl halides is 2. The molecule has 142 valence electrons. The number of hydrogen-bond acceptors (Lipinski definition) is 4. The summed E-state index contributed by atoms with van der Waals surface area (Å²) in [6.45, 7) is 1.53. The number of anilines is 1. The Labute approximate surface area is 159 Å². The van der Waals surface area contributed by atoms with E-state index in [1.165, 1.54) is 23.9 Å². The number of imidazole rings is 1. The zero-order valence-corrected chi connectivity index (χ0v) is 15.7. The van der Waals surface area contributed by atoms with Gasteiger partial charge in [-0.1, -0.05) is 36.0 Å². The smallest absolute Gasteiger partial charge is 0.387 e. The standard InChI is InChI=1S/C19H19F2N3O2S/c1-3-24-15-10-6-4-8-13(15)23-19(24)27-12(2)17(25)22-14-9-5-7-11-16(14)26-18(20)21/h4-12,18H,3H2,1-2H3,(H,22,25). The first-order chi connectivity index (χ1) is 13.0. The molecular formula is C19H19F2N3O2S. The topological polar surface area (TPSA) is 56.2 Å². The molecule has 0 radical (unpaired) electrons. The van der Waals surface area contributed by atoms with Crippen molar-refractivity contribution in [3.63, 3.8) is 0 Å². The Balaban J connectivity index is 1.76. The normalized spacial score (nSPS) is 12.3. The number of fused-ring (bicyclic) bond motifs is 1. The molecule has 5 nitrogen and oxygen atoms in total. The minimum absolute atomic E-state index is 0.0705. The number of halogens is 2. The van der Waals surface area contributed by atoms with Gasteiger partial charge in [0.05, 0.1) is 22.0 Å². The van der Waals surface area contributed by atoms with Crippen molar-refractivity contribution in [1.29, 1.82) is 0 Å². The molecule has 1 unspecified atom stereocenters. The summed E-state index contributed by atoms with van der Waals surface area (Å²) in [6.07, 6.45) is 0. The Kier molecular flexibility index (Phi) is 5.95. The van der Waals surface area contributed by atoms with Gasteiger partial charge in [-0.2, -0.15) is 8.78 Å². The highest BCUT2D eigenvalue weighted by atomic mass is 32.2. The van der Waals surface area contributed by atoms with Crippen LogP contribution in [-0.2, 0) is 11.3 Å². The fraction of sp³-hybridized carbons (Fsp3) is 0.263. The van der Waals surface area contributed by atoms with Crippen LogP contribution in [-0.4, -0.2) is 27.3 Å². The third-order valence-electron chi connectivity index (χ3n) is 3.95. The van der Waals surface area contributed by atoms with Crippen LogP contribution < -0.4 is 10.1 Å². The van der Waals surface area contributed by atoms with Gasteiger partial charge in [0.2, 0.25) is 5.91 Å². The van der Waals surface area contributed by atoms with Crippen molar-refractivity contribution in [2.24, 2.45) is 0 Å². The third kappa shape index (κ3) is 4.39. The maximum Gasteiger partial charge on any atom is 0.387 e. The van der Waals surface area contributed by atoms with E-state index in [4.69, 9.17) is 0 Å². The molecule has 0 spiro atoms. The summed E-state index contributed by atoms with van der Waals surface area (Å²) in [4.78, 5) is 17.1. The van der Waals surface area contributed by atoms with E-state index < -0.39 is 11.9 Å². The van der Waals surface area contributed by atoms with Crippen molar-refractivity contribution in [2.75, 3.05) is 5.32 Å². The number of carbonyl (C=O) groups excluding carboxylic acids is 1. The molecule has 0 saturated carbocycles. The number of carbonyl (C=O) groups is 1. The van der Waals surface area contributed by atoms with Gasteiger partial charge in [0.25, 0.3) is 0 Å². The number of aromatic nitrogens is 2. The first kappa shape index (κ1) is 19.2. The Bertz CT molecular complexity index is 946. The van der Waals surface area contributed by atoms with E-state index in [-0.39, 0.29) is 17.3 Å². The second kappa shape index (κ2) is 8.39. The van der Waals surface area contributed by atoms with Crippen molar-refractivity contribution in [2.45, 2.75) is 37.4 Å². The molecule has 2 aromatic carbocycles. The van der Waals surface area contributed by atoms with Crippen LogP contribution in [0.15, 0.2) is 53.7 Å². The zero-order chi connectivity index (χ0) is 19.4. The monoisotopic (exact) mass is 391 g/mol. The van der Waals surface area contributed by atoms with Gasteiger partial charge in [-0.3, -0.25) is 4.79 Å². The van der Waals surface area contributed by atoms with E-state index in [2.05, 4.69) is 15.0 Å². The van der Waals surface area contributed by atoms with Crippen LogP contribution in [0.25, 0.3) is 11.0 Å². The Morgan fingerprint density at radius 2 is 1.93 bits per heavy atom. The van der Waals surface area contributed by atoms with E-state index in [0.29, 0.717) is 0 Å². The molecule has 1 amide bonds. The van der Waals surface area contributed by atoms with E-state index >= 15 is 0 Å². The van der Waals surface area contributed by atoms with Gasteiger partial charge in [0.15, 0.2) is 5.16 Å². The van der Waals surface area contributed by atoms with Crippen LogP contribution in [0.2, 0.25) is 0 Å². The maximum atomic E-state index is 12.6. The predicted molar refractivity (Wildman–Crippen MR) is 102 cm³/mol. The minimum atomic E-state index is -2.96. The number of amides is 1. The molecule has 0 saturated heterocycles. The summed E-state index contributed by atoms with van der Waals surface area (Å²) in [5, 5.41) is 2.91. The minimum Gasteiger partial charge on any atom is -0.433 e. The molecule has 0 aliphatic rings. The average Bonchev–Trinajstić information content (AvgIpc) is 2.99. The van der Waals surface area contributed by atoms with Crippen molar-refractivity contribution >= 4 is 34.4 Å². The highest BCUT2D eigenvalue weighted by molar-refractivity contribution is 8.00. The highest BCUT2D eigenvalue weighted by Gasteiger charge is 2.20. The van der Waals surface area contributed by atoms with Crippen molar-refractivity contribution in [3.8, 4) is 5.75 Å². The van der Waals surface area contributed by atoms with Gasteiger partial charge in [-0.05, 0) is 38.1 Å².